The van der Waals surface area contributed by atoms with Crippen molar-refractivity contribution < 1.29 is 4.79 Å². The van der Waals surface area contributed by atoms with E-state index in [1.54, 1.807) is 0 Å². The highest BCUT2D eigenvalue weighted by atomic mass is 32.2. The van der Waals surface area contributed by atoms with Gasteiger partial charge in [0.2, 0.25) is 11.9 Å². The predicted molar refractivity (Wildman–Crippen MR) is 104 cm³/mol. The average molecular weight is 365 g/mol. The largest absolute Gasteiger partial charge is 0.325 e. The van der Waals surface area contributed by atoms with Crippen LogP contribution < -0.4 is 10.2 Å². The number of rotatable bonds is 5. The Kier molecular flexibility index (Phi) is 4.62. The number of nitrogens with one attached hydrogen (secondary N) is 1. The van der Waals surface area contributed by atoms with Crippen molar-refractivity contribution in [2.75, 3.05) is 22.5 Å². The number of hydrogen-bond acceptors (Lipinski definition) is 5. The second kappa shape index (κ2) is 7.21. The first-order valence-electron chi connectivity index (χ1n) is 8.46. The highest BCUT2D eigenvalue weighted by molar-refractivity contribution is 7.99. The maximum Gasteiger partial charge on any atom is 0.234 e. The summed E-state index contributed by atoms with van der Waals surface area (Å²) >= 11 is 1.41. The number of aromatic nitrogens is 3. The maximum absolute atomic E-state index is 12.1. The van der Waals surface area contributed by atoms with Gasteiger partial charge in [0, 0.05) is 24.5 Å². The van der Waals surface area contributed by atoms with Gasteiger partial charge in [-0.05, 0) is 31.2 Å². The minimum Gasteiger partial charge on any atom is -0.325 e. The van der Waals surface area contributed by atoms with Crippen molar-refractivity contribution in [3.8, 4) is 0 Å². The van der Waals surface area contributed by atoms with Gasteiger partial charge in [-0.2, -0.15) is 0 Å². The summed E-state index contributed by atoms with van der Waals surface area (Å²) in [5.41, 5.74) is 3.14. The monoisotopic (exact) mass is 365 g/mol. The van der Waals surface area contributed by atoms with Crippen LogP contribution in [0.1, 0.15) is 5.56 Å². The maximum atomic E-state index is 12.1. The van der Waals surface area contributed by atoms with Crippen LogP contribution in [0.15, 0.2) is 59.8 Å². The molecule has 0 bridgehead atoms. The van der Waals surface area contributed by atoms with Crippen LogP contribution in [-0.4, -0.2) is 33.0 Å². The van der Waals surface area contributed by atoms with Crippen molar-refractivity contribution >= 4 is 35.0 Å². The molecule has 0 fully saturated rings. The highest BCUT2D eigenvalue weighted by Crippen LogP contribution is 2.32. The van der Waals surface area contributed by atoms with Crippen LogP contribution in [0.2, 0.25) is 0 Å². The molecular formula is C19H19N5OS. The zero-order chi connectivity index (χ0) is 17.9. The summed E-state index contributed by atoms with van der Waals surface area (Å²) in [6, 6.07) is 17.8. The lowest BCUT2D eigenvalue weighted by Gasteiger charge is -2.15. The summed E-state index contributed by atoms with van der Waals surface area (Å²) in [6.07, 6.45) is 0. The van der Waals surface area contributed by atoms with E-state index in [0.29, 0.717) is 5.75 Å². The highest BCUT2D eigenvalue weighted by Gasteiger charge is 2.26. The summed E-state index contributed by atoms with van der Waals surface area (Å²) in [7, 11) is 0. The van der Waals surface area contributed by atoms with Crippen molar-refractivity contribution in [3.63, 3.8) is 0 Å². The Morgan fingerprint density at radius 1 is 1.08 bits per heavy atom. The van der Waals surface area contributed by atoms with Crippen LogP contribution in [0.3, 0.4) is 0 Å². The Morgan fingerprint density at radius 2 is 1.85 bits per heavy atom. The molecule has 0 unspecified atom stereocenters. The second-order valence-corrected chi connectivity index (χ2v) is 7.07. The van der Waals surface area contributed by atoms with E-state index in [4.69, 9.17) is 0 Å². The summed E-state index contributed by atoms with van der Waals surface area (Å²) in [5, 5.41) is 12.2. The van der Waals surface area contributed by atoms with Gasteiger partial charge in [0.1, 0.15) is 0 Å². The smallest absolute Gasteiger partial charge is 0.234 e. The molecule has 0 atom stereocenters. The second-order valence-electron chi connectivity index (χ2n) is 6.12. The molecule has 0 spiro atoms. The fourth-order valence-corrected chi connectivity index (χ4v) is 3.66. The molecule has 1 aliphatic heterocycles. The molecule has 0 radical (unpaired) electrons. The molecule has 2 aromatic carbocycles. The molecule has 0 aliphatic carbocycles. The first-order chi connectivity index (χ1) is 12.7. The van der Waals surface area contributed by atoms with Crippen LogP contribution in [0.4, 0.5) is 17.3 Å². The number of para-hydroxylation sites is 1. The van der Waals surface area contributed by atoms with E-state index in [1.807, 2.05) is 30.3 Å². The number of thioether (sulfide) groups is 1. The lowest BCUT2D eigenvalue weighted by Crippen LogP contribution is -2.14. The third-order valence-electron chi connectivity index (χ3n) is 4.22. The van der Waals surface area contributed by atoms with Gasteiger partial charge in [-0.15, -0.1) is 10.2 Å². The fraction of sp³-hybridized carbons (Fsp3) is 0.211. The number of aryl methyl sites for hydroxylation is 1. The Hall–Kier alpha value is -2.80. The minimum absolute atomic E-state index is 0.0491. The standard InChI is InChI=1S/C19H19N5OS/c1-14-7-9-16(10-8-14)23-11-12-24-18(23)21-22-19(24)26-13-17(25)20-15-5-3-2-4-6-15/h2-10H,11-13H2,1H3,(H,20,25). The van der Waals surface area contributed by atoms with Gasteiger partial charge in [-0.25, -0.2) is 0 Å². The Labute approximate surface area is 156 Å². The predicted octanol–water partition coefficient (Wildman–Crippen LogP) is 3.47. The van der Waals surface area contributed by atoms with Gasteiger partial charge < -0.3 is 10.2 Å². The molecule has 1 amide bonds. The number of nitrogens with zero attached hydrogens (tertiary/aromatic N) is 4. The molecule has 132 valence electrons. The minimum atomic E-state index is -0.0491. The van der Waals surface area contributed by atoms with E-state index >= 15 is 0 Å². The van der Waals surface area contributed by atoms with Gasteiger partial charge in [0.15, 0.2) is 5.16 Å². The fourth-order valence-electron chi connectivity index (χ4n) is 2.90. The van der Waals surface area contributed by atoms with E-state index in [2.05, 4.69) is 56.2 Å². The van der Waals surface area contributed by atoms with E-state index in [9.17, 15) is 4.79 Å². The molecule has 3 aromatic rings. The molecule has 1 aliphatic rings. The molecule has 6 nitrogen and oxygen atoms in total. The van der Waals surface area contributed by atoms with Gasteiger partial charge >= 0.3 is 0 Å². The molecule has 4 rings (SSSR count). The zero-order valence-corrected chi connectivity index (χ0v) is 15.2. The molecule has 26 heavy (non-hydrogen) atoms. The first kappa shape index (κ1) is 16.7. The molecule has 1 aromatic heterocycles. The van der Waals surface area contributed by atoms with Crippen molar-refractivity contribution in [2.45, 2.75) is 18.6 Å². The lowest BCUT2D eigenvalue weighted by atomic mass is 10.2. The third kappa shape index (κ3) is 3.43. The summed E-state index contributed by atoms with van der Waals surface area (Å²) in [6.45, 7) is 3.75. The number of fused-ring (bicyclic) bond motifs is 1. The van der Waals surface area contributed by atoms with Crippen LogP contribution in [0.5, 0.6) is 0 Å². The van der Waals surface area contributed by atoms with Crippen molar-refractivity contribution in [2.24, 2.45) is 0 Å². The van der Waals surface area contributed by atoms with E-state index in [0.717, 1.165) is 35.6 Å². The topological polar surface area (TPSA) is 63.1 Å². The quantitative estimate of drug-likeness (QED) is 0.702. The number of amides is 1. The Morgan fingerprint density at radius 3 is 2.62 bits per heavy atom. The molecule has 2 heterocycles. The number of anilines is 3. The lowest BCUT2D eigenvalue weighted by molar-refractivity contribution is -0.113. The molecule has 1 N–H and O–H groups in total. The van der Waals surface area contributed by atoms with Crippen LogP contribution >= 0.6 is 11.8 Å². The van der Waals surface area contributed by atoms with Gasteiger partial charge in [0.25, 0.3) is 0 Å². The van der Waals surface area contributed by atoms with Crippen LogP contribution in [-0.2, 0) is 11.3 Å². The number of benzene rings is 2. The summed E-state index contributed by atoms with van der Waals surface area (Å²) in [5.74, 6) is 1.09. The van der Waals surface area contributed by atoms with E-state index in [1.165, 1.54) is 17.3 Å². The van der Waals surface area contributed by atoms with E-state index in [-0.39, 0.29) is 5.91 Å². The number of carbonyl (C=O) groups is 1. The SMILES string of the molecule is Cc1ccc(N2CCn3c(SCC(=O)Nc4ccccc4)nnc32)cc1. The number of hydrogen-bond donors (Lipinski definition) is 1. The Bertz CT molecular complexity index is 907. The van der Waals surface area contributed by atoms with Crippen LogP contribution in [0, 0.1) is 6.92 Å². The van der Waals surface area contributed by atoms with E-state index < -0.39 is 0 Å². The first-order valence-corrected chi connectivity index (χ1v) is 9.44. The van der Waals surface area contributed by atoms with Crippen molar-refractivity contribution in [1.82, 2.24) is 14.8 Å². The number of carbonyl (C=O) groups excluding carboxylic acids is 1. The molecular weight excluding hydrogens is 346 g/mol. The normalized spacial score (nSPS) is 12.9. The van der Waals surface area contributed by atoms with Crippen molar-refractivity contribution in [3.05, 3.63) is 60.2 Å². The zero-order valence-electron chi connectivity index (χ0n) is 14.4. The van der Waals surface area contributed by atoms with Crippen LogP contribution in [0.25, 0.3) is 0 Å². The Balaban J connectivity index is 1.41. The van der Waals surface area contributed by atoms with Gasteiger partial charge in [-0.3, -0.25) is 9.36 Å². The average Bonchev–Trinajstić information content (AvgIpc) is 3.24. The summed E-state index contributed by atoms with van der Waals surface area (Å²) < 4.78 is 2.07. The van der Waals surface area contributed by atoms with Gasteiger partial charge in [-0.1, -0.05) is 47.7 Å². The molecule has 0 saturated heterocycles. The van der Waals surface area contributed by atoms with Gasteiger partial charge in [0.05, 0.1) is 5.75 Å². The summed E-state index contributed by atoms with van der Waals surface area (Å²) in [4.78, 5) is 14.3. The third-order valence-corrected chi connectivity index (χ3v) is 5.19. The van der Waals surface area contributed by atoms with Crippen molar-refractivity contribution in [1.29, 1.82) is 0 Å². The molecule has 0 saturated carbocycles. The molecule has 7 heteroatoms.